The number of imide groups is 1. The molecule has 3 N–H and O–H groups in total. The Kier molecular flexibility index (Phi) is 5.81. The Morgan fingerprint density at radius 2 is 1.88 bits per heavy atom. The SMILES string of the molecule is COc1ccc(N2C(=O)NC(CC(=O)NC(c3nc4ccccc4[nH]3)C(C)C)C2=O)cc1. The first-order valence-electron chi connectivity index (χ1n) is 10.4. The van der Waals surface area contributed by atoms with Gasteiger partial charge in [-0.05, 0) is 42.3 Å². The predicted octanol–water partition coefficient (Wildman–Crippen LogP) is 2.90. The number of para-hydroxylation sites is 2. The molecular formula is C23H25N5O4. The third kappa shape index (κ3) is 4.14. The Bertz CT molecular complexity index is 1120. The van der Waals surface area contributed by atoms with E-state index in [1.807, 2.05) is 38.1 Å². The monoisotopic (exact) mass is 435 g/mol. The fraction of sp³-hybridized carbons (Fsp3) is 0.304. The van der Waals surface area contributed by atoms with Crippen molar-refractivity contribution in [2.24, 2.45) is 5.92 Å². The van der Waals surface area contributed by atoms with E-state index in [2.05, 4.69) is 20.6 Å². The molecule has 4 amide bonds. The summed E-state index contributed by atoms with van der Waals surface area (Å²) in [5.41, 5.74) is 2.12. The van der Waals surface area contributed by atoms with E-state index < -0.39 is 18.0 Å². The number of fused-ring (bicyclic) bond motifs is 1. The lowest BCUT2D eigenvalue weighted by Crippen LogP contribution is -2.39. The predicted molar refractivity (Wildman–Crippen MR) is 119 cm³/mol. The van der Waals surface area contributed by atoms with Gasteiger partial charge in [-0.3, -0.25) is 9.59 Å². The number of anilines is 1. The Labute approximate surface area is 185 Å². The van der Waals surface area contributed by atoms with E-state index >= 15 is 0 Å². The van der Waals surface area contributed by atoms with Crippen LogP contribution in [0.4, 0.5) is 10.5 Å². The molecule has 9 nitrogen and oxygen atoms in total. The second-order valence-electron chi connectivity index (χ2n) is 8.01. The Balaban J connectivity index is 1.45. The topological polar surface area (TPSA) is 116 Å². The maximum atomic E-state index is 12.8. The molecule has 0 saturated carbocycles. The first-order chi connectivity index (χ1) is 15.4. The number of rotatable bonds is 7. The van der Waals surface area contributed by atoms with Crippen molar-refractivity contribution in [1.82, 2.24) is 20.6 Å². The molecule has 4 rings (SSSR count). The van der Waals surface area contributed by atoms with Gasteiger partial charge in [-0.2, -0.15) is 0 Å². The maximum Gasteiger partial charge on any atom is 0.329 e. The third-order valence-corrected chi connectivity index (χ3v) is 5.42. The van der Waals surface area contributed by atoms with Crippen molar-refractivity contribution in [3.8, 4) is 5.75 Å². The highest BCUT2D eigenvalue weighted by molar-refractivity contribution is 6.22. The molecule has 0 bridgehead atoms. The molecule has 1 saturated heterocycles. The van der Waals surface area contributed by atoms with Crippen molar-refractivity contribution in [2.75, 3.05) is 12.0 Å². The fourth-order valence-electron chi connectivity index (χ4n) is 3.73. The summed E-state index contributed by atoms with van der Waals surface area (Å²) in [7, 11) is 1.53. The van der Waals surface area contributed by atoms with Gasteiger partial charge in [-0.1, -0.05) is 26.0 Å². The van der Waals surface area contributed by atoms with Crippen molar-refractivity contribution in [3.63, 3.8) is 0 Å². The molecule has 3 aromatic rings. The van der Waals surface area contributed by atoms with Crippen molar-refractivity contribution in [1.29, 1.82) is 0 Å². The van der Waals surface area contributed by atoms with Gasteiger partial charge in [0.15, 0.2) is 0 Å². The highest BCUT2D eigenvalue weighted by Crippen LogP contribution is 2.25. The van der Waals surface area contributed by atoms with Gasteiger partial charge in [0.2, 0.25) is 5.91 Å². The van der Waals surface area contributed by atoms with Crippen molar-refractivity contribution in [3.05, 3.63) is 54.4 Å². The first kappa shape index (κ1) is 21.4. The molecule has 166 valence electrons. The quantitative estimate of drug-likeness (QED) is 0.494. The van der Waals surface area contributed by atoms with Crippen molar-refractivity contribution >= 4 is 34.6 Å². The lowest BCUT2D eigenvalue weighted by atomic mass is 10.0. The molecule has 0 aliphatic carbocycles. The van der Waals surface area contributed by atoms with Gasteiger partial charge < -0.3 is 20.4 Å². The smallest absolute Gasteiger partial charge is 0.329 e. The number of benzene rings is 2. The van der Waals surface area contributed by atoms with Crippen LogP contribution in [0, 0.1) is 5.92 Å². The minimum Gasteiger partial charge on any atom is -0.497 e. The number of urea groups is 1. The number of nitrogens with zero attached hydrogens (tertiary/aromatic N) is 2. The molecule has 2 unspecified atom stereocenters. The van der Waals surface area contributed by atoms with E-state index in [0.29, 0.717) is 17.3 Å². The van der Waals surface area contributed by atoms with Gasteiger partial charge >= 0.3 is 6.03 Å². The molecule has 1 fully saturated rings. The van der Waals surface area contributed by atoms with Gasteiger partial charge in [-0.15, -0.1) is 0 Å². The summed E-state index contributed by atoms with van der Waals surface area (Å²) in [5, 5.41) is 5.55. The number of nitrogens with one attached hydrogen (secondary N) is 3. The number of hydrogen-bond acceptors (Lipinski definition) is 5. The molecule has 2 heterocycles. The number of ether oxygens (including phenoxy) is 1. The average Bonchev–Trinajstić information content (AvgIpc) is 3.32. The normalized spacial score (nSPS) is 17.0. The number of methoxy groups -OCH3 is 1. The van der Waals surface area contributed by atoms with Crippen LogP contribution >= 0.6 is 0 Å². The number of imidazole rings is 1. The molecule has 0 spiro atoms. The lowest BCUT2D eigenvalue weighted by molar-refractivity contribution is -0.126. The summed E-state index contributed by atoms with van der Waals surface area (Å²) in [6.45, 7) is 3.96. The van der Waals surface area contributed by atoms with Crippen LogP contribution < -0.4 is 20.3 Å². The largest absolute Gasteiger partial charge is 0.497 e. The summed E-state index contributed by atoms with van der Waals surface area (Å²) >= 11 is 0. The van der Waals surface area contributed by atoms with E-state index in [0.717, 1.165) is 15.9 Å². The van der Waals surface area contributed by atoms with E-state index in [1.165, 1.54) is 7.11 Å². The number of carbonyl (C=O) groups excluding carboxylic acids is 3. The minimum atomic E-state index is -0.937. The van der Waals surface area contributed by atoms with E-state index in [1.54, 1.807) is 24.3 Å². The standard InChI is InChI=1S/C23H25N5O4/c1-13(2)20(21-24-16-6-4-5-7-17(16)25-21)27-19(29)12-18-22(30)28(23(31)26-18)14-8-10-15(32-3)11-9-14/h4-11,13,18,20H,12H2,1-3H3,(H,24,25)(H,26,31)(H,27,29). The maximum absolute atomic E-state index is 12.8. The molecule has 0 radical (unpaired) electrons. The number of amides is 4. The fourth-order valence-corrected chi connectivity index (χ4v) is 3.73. The van der Waals surface area contributed by atoms with E-state index in [4.69, 9.17) is 4.74 Å². The van der Waals surface area contributed by atoms with Crippen LogP contribution in [0.15, 0.2) is 48.5 Å². The number of carbonyl (C=O) groups is 3. The van der Waals surface area contributed by atoms with Gasteiger partial charge in [0, 0.05) is 0 Å². The van der Waals surface area contributed by atoms with Crippen LogP contribution in [-0.2, 0) is 9.59 Å². The van der Waals surface area contributed by atoms with Crippen LogP contribution in [0.2, 0.25) is 0 Å². The van der Waals surface area contributed by atoms with Crippen LogP contribution in [-0.4, -0.2) is 41.0 Å². The Morgan fingerprint density at radius 3 is 2.53 bits per heavy atom. The minimum absolute atomic E-state index is 0.0594. The molecule has 32 heavy (non-hydrogen) atoms. The molecule has 1 aliphatic rings. The zero-order chi connectivity index (χ0) is 22.8. The summed E-state index contributed by atoms with van der Waals surface area (Å²) in [5.74, 6) is 0.502. The van der Waals surface area contributed by atoms with Crippen LogP contribution in [0.3, 0.4) is 0 Å². The molecular weight excluding hydrogens is 410 g/mol. The summed E-state index contributed by atoms with van der Waals surface area (Å²) in [6.07, 6.45) is -0.166. The number of aromatic nitrogens is 2. The molecule has 1 aliphatic heterocycles. The molecule has 2 aromatic carbocycles. The van der Waals surface area contributed by atoms with Crippen LogP contribution in [0.5, 0.6) is 5.75 Å². The van der Waals surface area contributed by atoms with Gasteiger partial charge in [0.1, 0.15) is 17.6 Å². The second kappa shape index (κ2) is 8.70. The molecule has 1 aromatic heterocycles. The Morgan fingerprint density at radius 1 is 1.16 bits per heavy atom. The molecule has 9 heteroatoms. The van der Waals surface area contributed by atoms with E-state index in [-0.39, 0.29) is 24.3 Å². The lowest BCUT2D eigenvalue weighted by Gasteiger charge is -2.21. The Hall–Kier alpha value is -3.88. The van der Waals surface area contributed by atoms with Gasteiger partial charge in [0.25, 0.3) is 5.91 Å². The number of hydrogen-bond donors (Lipinski definition) is 3. The zero-order valence-electron chi connectivity index (χ0n) is 18.1. The molecule has 2 atom stereocenters. The summed E-state index contributed by atoms with van der Waals surface area (Å²) in [4.78, 5) is 46.9. The highest BCUT2D eigenvalue weighted by Gasteiger charge is 2.40. The van der Waals surface area contributed by atoms with Gasteiger partial charge in [0.05, 0.1) is 36.3 Å². The van der Waals surface area contributed by atoms with Gasteiger partial charge in [-0.25, -0.2) is 14.7 Å². The van der Waals surface area contributed by atoms with Crippen LogP contribution in [0.1, 0.15) is 32.1 Å². The summed E-state index contributed by atoms with van der Waals surface area (Å²) in [6, 6.07) is 12.3. The summed E-state index contributed by atoms with van der Waals surface area (Å²) < 4.78 is 5.11. The first-order valence-corrected chi connectivity index (χ1v) is 10.4. The zero-order valence-corrected chi connectivity index (χ0v) is 18.1. The average molecular weight is 435 g/mol. The van der Waals surface area contributed by atoms with E-state index in [9.17, 15) is 14.4 Å². The highest BCUT2D eigenvalue weighted by atomic mass is 16.5. The van der Waals surface area contributed by atoms with Crippen molar-refractivity contribution in [2.45, 2.75) is 32.4 Å². The van der Waals surface area contributed by atoms with Crippen molar-refractivity contribution < 1.29 is 19.1 Å². The third-order valence-electron chi connectivity index (χ3n) is 5.42. The number of aromatic amines is 1. The second-order valence-corrected chi connectivity index (χ2v) is 8.01. The van der Waals surface area contributed by atoms with Crippen LogP contribution in [0.25, 0.3) is 11.0 Å². The number of H-pyrrole nitrogens is 1.